The molecule has 0 amide bonds. The number of aromatic nitrogens is 1. The second kappa shape index (κ2) is 5.54. The van der Waals surface area contributed by atoms with E-state index in [1.165, 1.54) is 10.8 Å². The molecule has 0 spiro atoms. The molecule has 1 aromatic heterocycles. The Morgan fingerprint density at radius 1 is 0.696 bits per heavy atom. The van der Waals surface area contributed by atoms with Crippen LogP contribution in [0.1, 0.15) is 15.9 Å². The SMILES string of the molecule is O=Cc1ccc(C=Nn2c3ccccc3c3ccccc32)cc1. The van der Waals surface area contributed by atoms with Crippen molar-refractivity contribution < 1.29 is 4.79 Å². The number of fused-ring (bicyclic) bond motifs is 3. The van der Waals surface area contributed by atoms with Crippen LogP contribution in [-0.4, -0.2) is 17.2 Å². The van der Waals surface area contributed by atoms with Crippen LogP contribution >= 0.6 is 0 Å². The van der Waals surface area contributed by atoms with E-state index in [9.17, 15) is 4.79 Å². The Labute approximate surface area is 133 Å². The molecular weight excluding hydrogens is 284 g/mol. The van der Waals surface area contributed by atoms with Gasteiger partial charge in [0.25, 0.3) is 0 Å². The molecule has 0 aliphatic heterocycles. The summed E-state index contributed by atoms with van der Waals surface area (Å²) in [5.41, 5.74) is 3.78. The minimum absolute atomic E-state index is 0.666. The first-order valence-electron chi connectivity index (χ1n) is 7.44. The summed E-state index contributed by atoms with van der Waals surface area (Å²) >= 11 is 0. The van der Waals surface area contributed by atoms with Gasteiger partial charge in [-0.1, -0.05) is 60.7 Å². The monoisotopic (exact) mass is 298 g/mol. The predicted molar refractivity (Wildman–Crippen MR) is 94.3 cm³/mol. The highest BCUT2D eigenvalue weighted by Crippen LogP contribution is 2.28. The van der Waals surface area contributed by atoms with E-state index < -0.39 is 0 Å². The van der Waals surface area contributed by atoms with Gasteiger partial charge in [0.15, 0.2) is 0 Å². The Morgan fingerprint density at radius 2 is 1.22 bits per heavy atom. The van der Waals surface area contributed by atoms with Gasteiger partial charge >= 0.3 is 0 Å². The van der Waals surface area contributed by atoms with E-state index in [1.54, 1.807) is 12.1 Å². The first kappa shape index (κ1) is 13.5. The van der Waals surface area contributed by atoms with Crippen LogP contribution in [0.5, 0.6) is 0 Å². The van der Waals surface area contributed by atoms with Crippen molar-refractivity contribution in [3.8, 4) is 0 Å². The van der Waals surface area contributed by atoms with Crippen molar-refractivity contribution in [1.29, 1.82) is 0 Å². The number of carbonyl (C=O) groups is 1. The molecule has 0 unspecified atom stereocenters. The van der Waals surface area contributed by atoms with E-state index in [0.29, 0.717) is 5.56 Å². The summed E-state index contributed by atoms with van der Waals surface area (Å²) in [6.07, 6.45) is 2.65. The molecule has 0 radical (unpaired) electrons. The largest absolute Gasteiger partial charge is 0.298 e. The van der Waals surface area contributed by atoms with Crippen LogP contribution in [0.3, 0.4) is 0 Å². The number of hydrogen-bond acceptors (Lipinski definition) is 2. The minimum Gasteiger partial charge on any atom is -0.298 e. The fourth-order valence-corrected chi connectivity index (χ4v) is 2.81. The molecule has 0 aliphatic carbocycles. The van der Waals surface area contributed by atoms with Crippen LogP contribution < -0.4 is 0 Å². The standard InChI is InChI=1S/C20H14N2O/c23-14-16-11-9-15(10-12-16)13-21-22-19-7-3-1-5-17(19)18-6-2-4-8-20(18)22/h1-14H. The van der Waals surface area contributed by atoms with E-state index >= 15 is 0 Å². The van der Waals surface area contributed by atoms with Gasteiger partial charge in [-0.25, -0.2) is 4.68 Å². The molecule has 23 heavy (non-hydrogen) atoms. The van der Waals surface area contributed by atoms with E-state index in [-0.39, 0.29) is 0 Å². The van der Waals surface area contributed by atoms with E-state index in [4.69, 9.17) is 0 Å². The zero-order valence-electron chi connectivity index (χ0n) is 12.4. The molecule has 4 aromatic rings. The highest BCUT2D eigenvalue weighted by atomic mass is 16.1. The van der Waals surface area contributed by atoms with Crippen molar-refractivity contribution >= 4 is 34.3 Å². The maximum atomic E-state index is 10.7. The van der Waals surface area contributed by atoms with Gasteiger partial charge in [-0.2, -0.15) is 5.10 Å². The first-order chi connectivity index (χ1) is 11.4. The molecule has 1 heterocycles. The van der Waals surface area contributed by atoms with Crippen molar-refractivity contribution in [3.63, 3.8) is 0 Å². The summed E-state index contributed by atoms with van der Waals surface area (Å²) in [6, 6.07) is 23.9. The average molecular weight is 298 g/mol. The Bertz CT molecular complexity index is 973. The molecule has 0 atom stereocenters. The van der Waals surface area contributed by atoms with Gasteiger partial charge in [0.1, 0.15) is 6.29 Å². The second-order valence-corrected chi connectivity index (χ2v) is 5.38. The molecule has 3 heteroatoms. The third kappa shape index (κ3) is 2.32. The number of hydrogen-bond donors (Lipinski definition) is 0. The molecule has 3 aromatic carbocycles. The van der Waals surface area contributed by atoms with Gasteiger partial charge < -0.3 is 0 Å². The van der Waals surface area contributed by atoms with Crippen LogP contribution in [0.15, 0.2) is 77.9 Å². The van der Waals surface area contributed by atoms with Crippen LogP contribution in [0.25, 0.3) is 21.8 Å². The van der Waals surface area contributed by atoms with Crippen LogP contribution in [-0.2, 0) is 0 Å². The van der Waals surface area contributed by atoms with Crippen molar-refractivity contribution in [1.82, 2.24) is 4.68 Å². The van der Waals surface area contributed by atoms with E-state index in [0.717, 1.165) is 22.9 Å². The number of benzene rings is 3. The Morgan fingerprint density at radius 3 is 1.78 bits per heavy atom. The number of nitrogens with zero attached hydrogens (tertiary/aromatic N) is 2. The zero-order valence-corrected chi connectivity index (χ0v) is 12.4. The summed E-state index contributed by atoms with van der Waals surface area (Å²) in [6.45, 7) is 0. The Hall–Kier alpha value is -3.20. The second-order valence-electron chi connectivity index (χ2n) is 5.38. The van der Waals surface area contributed by atoms with Crippen LogP contribution in [0.2, 0.25) is 0 Å². The molecule has 3 nitrogen and oxygen atoms in total. The van der Waals surface area contributed by atoms with E-state index in [2.05, 4.69) is 29.4 Å². The molecule has 0 N–H and O–H groups in total. The summed E-state index contributed by atoms with van der Waals surface area (Å²) in [5, 5.41) is 7.03. The Kier molecular flexibility index (Phi) is 3.24. The highest BCUT2D eigenvalue weighted by molar-refractivity contribution is 6.08. The van der Waals surface area contributed by atoms with Gasteiger partial charge in [0.05, 0.1) is 17.2 Å². The number of aldehydes is 1. The van der Waals surface area contributed by atoms with Crippen LogP contribution in [0, 0.1) is 0 Å². The quantitative estimate of drug-likeness (QED) is 0.405. The van der Waals surface area contributed by atoms with Gasteiger partial charge in [-0.3, -0.25) is 4.79 Å². The molecule has 0 fully saturated rings. The fourth-order valence-electron chi connectivity index (χ4n) is 2.81. The van der Waals surface area contributed by atoms with Crippen molar-refractivity contribution in [2.45, 2.75) is 0 Å². The maximum Gasteiger partial charge on any atom is 0.150 e. The minimum atomic E-state index is 0.666. The van der Waals surface area contributed by atoms with Gasteiger partial charge in [-0.05, 0) is 17.7 Å². The predicted octanol–water partition coefficient (Wildman–Crippen LogP) is 4.49. The van der Waals surface area contributed by atoms with Crippen LogP contribution in [0.4, 0.5) is 0 Å². The summed E-state index contributed by atoms with van der Waals surface area (Å²) in [5.74, 6) is 0. The average Bonchev–Trinajstić information content (AvgIpc) is 2.94. The number of rotatable bonds is 3. The summed E-state index contributed by atoms with van der Waals surface area (Å²) in [4.78, 5) is 10.7. The van der Waals surface area contributed by atoms with Gasteiger partial charge in [0, 0.05) is 16.3 Å². The van der Waals surface area contributed by atoms with Crippen molar-refractivity contribution in [2.24, 2.45) is 5.10 Å². The third-order valence-corrected chi connectivity index (χ3v) is 3.95. The smallest absolute Gasteiger partial charge is 0.150 e. The lowest BCUT2D eigenvalue weighted by molar-refractivity contribution is 0.112. The zero-order chi connectivity index (χ0) is 15.6. The van der Waals surface area contributed by atoms with E-state index in [1.807, 2.05) is 47.3 Å². The first-order valence-corrected chi connectivity index (χ1v) is 7.44. The Balaban J connectivity index is 1.86. The molecular formula is C20H14N2O. The fraction of sp³-hybridized carbons (Fsp3) is 0. The number of carbonyl (C=O) groups excluding carboxylic acids is 1. The molecule has 110 valence electrons. The van der Waals surface area contributed by atoms with Crippen molar-refractivity contribution in [3.05, 3.63) is 83.9 Å². The molecule has 0 saturated heterocycles. The maximum absolute atomic E-state index is 10.7. The third-order valence-electron chi connectivity index (χ3n) is 3.95. The van der Waals surface area contributed by atoms with Gasteiger partial charge in [-0.15, -0.1) is 0 Å². The summed E-state index contributed by atoms with van der Waals surface area (Å²) < 4.78 is 1.96. The van der Waals surface area contributed by atoms with Crippen molar-refractivity contribution in [2.75, 3.05) is 0 Å². The summed E-state index contributed by atoms with van der Waals surface area (Å²) in [7, 11) is 0. The number of para-hydroxylation sites is 2. The highest BCUT2D eigenvalue weighted by Gasteiger charge is 2.08. The molecule has 0 saturated carbocycles. The lowest BCUT2D eigenvalue weighted by Crippen LogP contribution is -1.91. The molecule has 4 rings (SSSR count). The topological polar surface area (TPSA) is 34.4 Å². The normalized spacial score (nSPS) is 11.5. The lowest BCUT2D eigenvalue weighted by Gasteiger charge is -2.00. The van der Waals surface area contributed by atoms with Gasteiger partial charge in [0.2, 0.25) is 0 Å². The lowest BCUT2D eigenvalue weighted by atomic mass is 10.2. The molecule has 0 bridgehead atoms. The molecule has 0 aliphatic rings.